The van der Waals surface area contributed by atoms with Crippen LogP contribution in [0.1, 0.15) is 94.2 Å². The third kappa shape index (κ3) is 9.02. The molecule has 5 heteroatoms. The van der Waals surface area contributed by atoms with Gasteiger partial charge in [0.1, 0.15) is 11.6 Å². The van der Waals surface area contributed by atoms with E-state index in [4.69, 9.17) is 0 Å². The predicted molar refractivity (Wildman–Crippen MR) is 150 cm³/mol. The highest BCUT2D eigenvalue weighted by Gasteiger charge is 2.30. The summed E-state index contributed by atoms with van der Waals surface area (Å²) in [7, 11) is 0. The number of hydrogen-bond acceptors (Lipinski definition) is 1. The highest BCUT2D eigenvalue weighted by Crippen LogP contribution is 2.34. The van der Waals surface area contributed by atoms with Crippen LogP contribution in [0.25, 0.3) is 10.8 Å². The third-order valence-corrected chi connectivity index (χ3v) is 7.97. The molecule has 1 saturated carbocycles. The van der Waals surface area contributed by atoms with Crippen LogP contribution in [0.5, 0.6) is 5.75 Å². The van der Waals surface area contributed by atoms with E-state index in [1.165, 1.54) is 100 Å². The maximum atomic E-state index is 15.2. The van der Waals surface area contributed by atoms with Crippen molar-refractivity contribution in [1.82, 2.24) is 0 Å². The zero-order valence-electron chi connectivity index (χ0n) is 22.8. The number of ether oxygens (including phenoxy) is 1. The van der Waals surface area contributed by atoms with Crippen LogP contribution in [0.4, 0.5) is 17.6 Å². The van der Waals surface area contributed by atoms with Crippen molar-refractivity contribution < 1.29 is 22.3 Å². The Morgan fingerprint density at radius 2 is 1.49 bits per heavy atom. The summed E-state index contributed by atoms with van der Waals surface area (Å²) in [4.78, 5) is 0. The number of unbranched alkanes of at least 4 members (excludes halogenated alkanes) is 4. The van der Waals surface area contributed by atoms with Crippen molar-refractivity contribution in [3.05, 3.63) is 77.1 Å². The van der Waals surface area contributed by atoms with Gasteiger partial charge in [0.15, 0.2) is 0 Å². The van der Waals surface area contributed by atoms with E-state index in [1.54, 1.807) is 6.07 Å². The number of aryl methyl sites for hydroxylation is 1. The molecule has 0 saturated heterocycles. The molecule has 0 N–H and O–H groups in total. The highest BCUT2D eigenvalue weighted by atomic mass is 19.4. The second-order valence-electron chi connectivity index (χ2n) is 10.9. The molecule has 0 aliphatic heterocycles. The molecule has 0 unspecified atom stereocenters. The summed E-state index contributed by atoms with van der Waals surface area (Å²) in [6.45, 7) is 2.26. The minimum atomic E-state index is -4.74. The molecule has 0 radical (unpaired) electrons. The van der Waals surface area contributed by atoms with Gasteiger partial charge in [0.25, 0.3) is 0 Å². The fourth-order valence-electron chi connectivity index (χ4n) is 5.69. The minimum Gasteiger partial charge on any atom is -0.406 e. The van der Waals surface area contributed by atoms with Crippen LogP contribution in [-0.2, 0) is 6.42 Å². The molecular formula is C34H38F4O. The van der Waals surface area contributed by atoms with Crippen molar-refractivity contribution in [3.8, 4) is 17.6 Å². The molecule has 0 heterocycles. The van der Waals surface area contributed by atoms with E-state index in [-0.39, 0.29) is 17.1 Å². The molecule has 0 atom stereocenters. The van der Waals surface area contributed by atoms with Crippen LogP contribution in [0, 0.1) is 29.5 Å². The topological polar surface area (TPSA) is 9.23 Å². The van der Waals surface area contributed by atoms with Gasteiger partial charge in [-0.2, -0.15) is 0 Å². The summed E-state index contributed by atoms with van der Waals surface area (Å²) in [5.74, 6) is 6.65. The van der Waals surface area contributed by atoms with Gasteiger partial charge < -0.3 is 4.74 Å². The first-order chi connectivity index (χ1) is 18.8. The summed E-state index contributed by atoms with van der Waals surface area (Å²) in [5, 5.41) is 1.38. The number of hydrogen-bond donors (Lipinski definition) is 0. The SMILES string of the molecule is CCCCCCCC1CCC(CCc2ccc3c(F)c(C#Cc4ccc(OC(F)(F)F)cc4)ccc3c2)CC1. The number of halogens is 4. The Morgan fingerprint density at radius 1 is 0.795 bits per heavy atom. The average Bonchev–Trinajstić information content (AvgIpc) is 2.92. The Labute approximate surface area is 230 Å². The van der Waals surface area contributed by atoms with Crippen LogP contribution in [-0.4, -0.2) is 6.36 Å². The molecule has 3 aromatic carbocycles. The first-order valence-electron chi connectivity index (χ1n) is 14.4. The van der Waals surface area contributed by atoms with Gasteiger partial charge >= 0.3 is 6.36 Å². The summed E-state index contributed by atoms with van der Waals surface area (Å²) in [6, 6.07) is 14.7. The number of benzene rings is 3. The Balaban J connectivity index is 1.29. The molecule has 39 heavy (non-hydrogen) atoms. The first kappa shape index (κ1) is 29.0. The van der Waals surface area contributed by atoms with Crippen LogP contribution >= 0.6 is 0 Å². The normalized spacial score (nSPS) is 17.6. The number of rotatable bonds is 10. The molecule has 1 fully saturated rings. The lowest BCUT2D eigenvalue weighted by Gasteiger charge is -2.28. The molecule has 1 nitrogen and oxygen atoms in total. The van der Waals surface area contributed by atoms with E-state index in [9.17, 15) is 13.2 Å². The predicted octanol–water partition coefficient (Wildman–Crippen LogP) is 10.4. The Morgan fingerprint density at radius 3 is 2.18 bits per heavy atom. The van der Waals surface area contributed by atoms with Crippen molar-refractivity contribution >= 4 is 10.8 Å². The monoisotopic (exact) mass is 538 g/mol. The molecule has 0 spiro atoms. The van der Waals surface area contributed by atoms with Gasteiger partial charge in [0.05, 0.1) is 5.56 Å². The van der Waals surface area contributed by atoms with Gasteiger partial charge in [-0.3, -0.25) is 0 Å². The van der Waals surface area contributed by atoms with Gasteiger partial charge in [0.2, 0.25) is 0 Å². The highest BCUT2D eigenvalue weighted by molar-refractivity contribution is 5.85. The van der Waals surface area contributed by atoms with E-state index < -0.39 is 6.36 Å². The smallest absolute Gasteiger partial charge is 0.406 e. The molecule has 1 aliphatic carbocycles. The molecule has 1 aliphatic rings. The van der Waals surface area contributed by atoms with Crippen molar-refractivity contribution in [2.24, 2.45) is 11.8 Å². The summed E-state index contributed by atoms with van der Waals surface area (Å²) >= 11 is 0. The van der Waals surface area contributed by atoms with Crippen LogP contribution in [0.15, 0.2) is 54.6 Å². The van der Waals surface area contributed by atoms with E-state index in [2.05, 4.69) is 29.6 Å². The average molecular weight is 539 g/mol. The van der Waals surface area contributed by atoms with Gasteiger partial charge in [-0.05, 0) is 66.0 Å². The molecule has 208 valence electrons. The van der Waals surface area contributed by atoms with Gasteiger partial charge in [-0.15, -0.1) is 13.2 Å². The lowest BCUT2D eigenvalue weighted by Crippen LogP contribution is -2.16. The molecule has 0 amide bonds. The second-order valence-corrected chi connectivity index (χ2v) is 10.9. The van der Waals surface area contributed by atoms with Gasteiger partial charge in [0, 0.05) is 10.9 Å². The summed E-state index contributed by atoms with van der Waals surface area (Å²) in [5.41, 5.74) is 1.97. The van der Waals surface area contributed by atoms with Crippen LogP contribution in [0.3, 0.4) is 0 Å². The number of alkyl halides is 3. The molecule has 4 rings (SSSR count). The standard InChI is InChI=1S/C34H38F4O/c1-2-3-4-5-6-7-25-8-10-26(11-9-25)12-13-28-17-23-32-30(24-28)20-19-29(33(32)35)18-14-27-15-21-31(22-16-27)39-34(36,37)38/h15-17,19-26H,2-13H2,1H3. The minimum absolute atomic E-state index is 0.257. The van der Waals surface area contributed by atoms with Gasteiger partial charge in [-0.25, -0.2) is 4.39 Å². The fourth-order valence-corrected chi connectivity index (χ4v) is 5.69. The van der Waals surface area contributed by atoms with E-state index >= 15 is 4.39 Å². The van der Waals surface area contributed by atoms with Crippen molar-refractivity contribution in [3.63, 3.8) is 0 Å². The van der Waals surface area contributed by atoms with Crippen LogP contribution < -0.4 is 4.74 Å². The largest absolute Gasteiger partial charge is 0.573 e. The zero-order chi connectivity index (χ0) is 27.7. The van der Waals surface area contributed by atoms with Crippen molar-refractivity contribution in [1.29, 1.82) is 0 Å². The van der Waals surface area contributed by atoms with Crippen molar-refractivity contribution in [2.75, 3.05) is 0 Å². The molecule has 3 aromatic rings. The Bertz CT molecular complexity index is 1260. The zero-order valence-corrected chi connectivity index (χ0v) is 22.8. The second kappa shape index (κ2) is 13.9. The Kier molecular flexibility index (Phi) is 10.3. The van der Waals surface area contributed by atoms with Crippen LogP contribution in [0.2, 0.25) is 0 Å². The summed E-state index contributed by atoms with van der Waals surface area (Å²) in [6.07, 6.45) is 11.1. The van der Waals surface area contributed by atoms with Gasteiger partial charge in [-0.1, -0.05) is 107 Å². The number of fused-ring (bicyclic) bond motifs is 1. The van der Waals surface area contributed by atoms with E-state index in [0.717, 1.165) is 23.6 Å². The Hall–Kier alpha value is -3.00. The first-order valence-corrected chi connectivity index (χ1v) is 14.4. The summed E-state index contributed by atoms with van der Waals surface area (Å²) < 4.78 is 56.0. The lowest BCUT2D eigenvalue weighted by molar-refractivity contribution is -0.274. The van der Waals surface area contributed by atoms with Crippen molar-refractivity contribution in [2.45, 2.75) is 90.3 Å². The third-order valence-electron chi connectivity index (χ3n) is 7.97. The van der Waals surface area contributed by atoms with E-state index in [0.29, 0.717) is 10.9 Å². The maximum absolute atomic E-state index is 15.2. The molecule has 0 bridgehead atoms. The fraction of sp³-hybridized carbons (Fsp3) is 0.471. The molecule has 0 aromatic heterocycles. The molecular weight excluding hydrogens is 500 g/mol. The maximum Gasteiger partial charge on any atom is 0.573 e. The lowest BCUT2D eigenvalue weighted by atomic mass is 9.77. The quantitative estimate of drug-likeness (QED) is 0.142. The van der Waals surface area contributed by atoms with E-state index in [1.807, 2.05) is 18.2 Å².